The van der Waals surface area contributed by atoms with E-state index in [1.807, 2.05) is 60.3 Å². The zero-order valence-electron chi connectivity index (χ0n) is 11.7. The average Bonchev–Trinajstić information content (AvgIpc) is 2.85. The van der Waals surface area contributed by atoms with Crippen LogP contribution in [0.2, 0.25) is 0 Å². The van der Waals surface area contributed by atoms with Crippen LogP contribution in [0.4, 0.5) is 0 Å². The quantitative estimate of drug-likeness (QED) is 0.670. The molecule has 1 N–H and O–H groups in total. The van der Waals surface area contributed by atoms with E-state index in [9.17, 15) is 4.79 Å². The van der Waals surface area contributed by atoms with Crippen LogP contribution in [0.25, 0.3) is 6.08 Å². The lowest BCUT2D eigenvalue weighted by Crippen LogP contribution is -2.20. The zero-order chi connectivity index (χ0) is 15.1. The molecule has 0 aliphatic carbocycles. The minimum Gasteiger partial charge on any atom is -0.354 e. The highest BCUT2D eigenvalue weighted by Gasteiger charge is 2.04. The third kappa shape index (κ3) is 4.93. The number of rotatable bonds is 5. The summed E-state index contributed by atoms with van der Waals surface area (Å²) in [5.74, 6) is -0.183. The maximum atomic E-state index is 11.7. The van der Waals surface area contributed by atoms with Gasteiger partial charge in [-0.05, 0) is 23.8 Å². The second kappa shape index (κ2) is 7.45. The summed E-state index contributed by atoms with van der Waals surface area (Å²) in [5.41, 5.74) is 4.36. The Morgan fingerprint density at radius 1 is 1.29 bits per heavy atom. The molecule has 0 aliphatic rings. The molecule has 0 unspecified atom stereocenters. The van der Waals surface area contributed by atoms with Gasteiger partial charge in [-0.3, -0.25) is 4.79 Å². The summed E-state index contributed by atoms with van der Waals surface area (Å²) in [6.07, 6.45) is 5.36. The van der Waals surface area contributed by atoms with Gasteiger partial charge in [-0.2, -0.15) is 5.10 Å². The summed E-state index contributed by atoms with van der Waals surface area (Å²) in [6.45, 7) is 0. The van der Waals surface area contributed by atoms with E-state index in [4.69, 9.17) is 11.6 Å². The summed E-state index contributed by atoms with van der Waals surface area (Å²) in [4.78, 5) is 11.7. The van der Waals surface area contributed by atoms with Gasteiger partial charge in [-0.25, -0.2) is 5.43 Å². The normalized spacial score (nSPS) is 11.8. The maximum absolute atomic E-state index is 11.7. The number of nitrogens with one attached hydrogen (secondary N) is 1. The van der Waals surface area contributed by atoms with Crippen LogP contribution in [0.1, 0.15) is 11.3 Å². The van der Waals surface area contributed by atoms with Crippen molar-refractivity contribution in [2.45, 2.75) is 6.42 Å². The Hall–Kier alpha value is -2.33. The van der Waals surface area contributed by atoms with Gasteiger partial charge in [-0.1, -0.05) is 41.9 Å². The van der Waals surface area contributed by atoms with Crippen LogP contribution in [-0.2, 0) is 18.3 Å². The summed E-state index contributed by atoms with van der Waals surface area (Å²) in [7, 11) is 1.89. The van der Waals surface area contributed by atoms with Gasteiger partial charge in [0, 0.05) is 18.9 Å². The fourth-order valence-electron chi connectivity index (χ4n) is 1.80. The third-order valence-corrected chi connectivity index (χ3v) is 3.08. The molecule has 0 radical (unpaired) electrons. The van der Waals surface area contributed by atoms with Gasteiger partial charge in [0.25, 0.3) is 0 Å². The number of aryl methyl sites for hydroxylation is 1. The molecule has 0 aliphatic heterocycles. The van der Waals surface area contributed by atoms with Crippen molar-refractivity contribution < 1.29 is 4.79 Å². The Kier molecular flexibility index (Phi) is 5.35. The first-order valence-electron chi connectivity index (χ1n) is 6.49. The molecule has 0 saturated carbocycles. The number of amides is 1. The van der Waals surface area contributed by atoms with Crippen LogP contribution in [-0.4, -0.2) is 16.7 Å². The first-order valence-corrected chi connectivity index (χ1v) is 6.87. The number of hydrogen-bond donors (Lipinski definition) is 1. The fourth-order valence-corrected chi connectivity index (χ4v) is 1.97. The van der Waals surface area contributed by atoms with Crippen LogP contribution in [0.5, 0.6) is 0 Å². The van der Waals surface area contributed by atoms with E-state index in [0.29, 0.717) is 5.03 Å². The molecule has 21 heavy (non-hydrogen) atoms. The Labute approximate surface area is 128 Å². The molecule has 2 aromatic rings. The number of hydrazone groups is 1. The number of carbonyl (C=O) groups excluding carboxylic acids is 1. The smallest absolute Gasteiger partial charge is 0.245 e. The molecule has 4 nitrogen and oxygen atoms in total. The van der Waals surface area contributed by atoms with E-state index in [1.165, 1.54) is 6.21 Å². The second-order valence-electron chi connectivity index (χ2n) is 4.52. The fraction of sp³-hybridized carbons (Fsp3) is 0.125. The highest BCUT2D eigenvalue weighted by Crippen LogP contribution is 2.07. The van der Waals surface area contributed by atoms with Crippen molar-refractivity contribution in [3.63, 3.8) is 0 Å². The molecule has 1 amide bonds. The van der Waals surface area contributed by atoms with Crippen molar-refractivity contribution in [2.24, 2.45) is 12.1 Å². The predicted molar refractivity (Wildman–Crippen MR) is 86.0 cm³/mol. The lowest BCUT2D eigenvalue weighted by Gasteiger charge is -2.01. The van der Waals surface area contributed by atoms with E-state index in [-0.39, 0.29) is 12.3 Å². The Morgan fingerprint density at radius 3 is 2.71 bits per heavy atom. The molecule has 0 bridgehead atoms. The van der Waals surface area contributed by atoms with Gasteiger partial charge >= 0.3 is 0 Å². The highest BCUT2D eigenvalue weighted by atomic mass is 35.5. The molecular formula is C16H16ClN3O. The molecule has 0 fully saturated rings. The van der Waals surface area contributed by atoms with E-state index >= 15 is 0 Å². The van der Waals surface area contributed by atoms with Crippen LogP contribution in [0.3, 0.4) is 0 Å². The predicted octanol–water partition coefficient (Wildman–Crippen LogP) is 2.95. The van der Waals surface area contributed by atoms with Crippen molar-refractivity contribution >= 4 is 29.8 Å². The zero-order valence-corrected chi connectivity index (χ0v) is 12.4. The van der Waals surface area contributed by atoms with Gasteiger partial charge < -0.3 is 4.57 Å². The minimum atomic E-state index is -0.183. The third-order valence-electron chi connectivity index (χ3n) is 2.87. The minimum absolute atomic E-state index is 0.183. The number of hydrogen-bond acceptors (Lipinski definition) is 2. The molecule has 108 valence electrons. The molecule has 1 heterocycles. The number of allylic oxidation sites excluding steroid dienone is 1. The Balaban J connectivity index is 1.86. The maximum Gasteiger partial charge on any atom is 0.245 e. The first-order chi connectivity index (χ1) is 10.1. The molecule has 1 aromatic heterocycles. The van der Waals surface area contributed by atoms with Crippen LogP contribution >= 0.6 is 11.6 Å². The van der Waals surface area contributed by atoms with Crippen molar-refractivity contribution in [1.82, 2.24) is 9.99 Å². The summed E-state index contributed by atoms with van der Waals surface area (Å²) < 4.78 is 1.89. The van der Waals surface area contributed by atoms with Crippen molar-refractivity contribution in [3.8, 4) is 0 Å². The number of carbonyl (C=O) groups is 1. The number of halogens is 1. The van der Waals surface area contributed by atoms with Crippen molar-refractivity contribution in [2.75, 3.05) is 0 Å². The standard InChI is InChI=1S/C16H16ClN3O/c1-20-9-5-8-15(20)11-16(21)19-18-12-14(17)10-13-6-3-2-4-7-13/h2-10,12H,11H2,1H3,(H,19,21)/b14-10-,18-12?. The van der Waals surface area contributed by atoms with Crippen LogP contribution < -0.4 is 5.43 Å². The number of nitrogens with zero attached hydrogens (tertiary/aromatic N) is 2. The number of benzene rings is 1. The van der Waals surface area contributed by atoms with E-state index in [1.54, 1.807) is 6.08 Å². The number of aromatic nitrogens is 1. The Morgan fingerprint density at radius 2 is 2.05 bits per heavy atom. The van der Waals surface area contributed by atoms with Gasteiger partial charge in [0.15, 0.2) is 0 Å². The lowest BCUT2D eigenvalue weighted by atomic mass is 10.2. The lowest BCUT2D eigenvalue weighted by molar-refractivity contribution is -0.120. The topological polar surface area (TPSA) is 46.4 Å². The van der Waals surface area contributed by atoms with Gasteiger partial charge in [0.05, 0.1) is 17.7 Å². The van der Waals surface area contributed by atoms with Crippen LogP contribution in [0.15, 0.2) is 58.8 Å². The molecule has 1 aromatic carbocycles. The highest BCUT2D eigenvalue weighted by molar-refractivity contribution is 6.41. The average molecular weight is 302 g/mol. The monoisotopic (exact) mass is 301 g/mol. The Bertz CT molecular complexity index is 659. The van der Waals surface area contributed by atoms with Gasteiger partial charge in [-0.15, -0.1) is 0 Å². The van der Waals surface area contributed by atoms with Crippen molar-refractivity contribution in [3.05, 3.63) is 65.0 Å². The van der Waals surface area contributed by atoms with Crippen LogP contribution in [0, 0.1) is 0 Å². The summed E-state index contributed by atoms with van der Waals surface area (Å²) >= 11 is 6.02. The molecule has 2 rings (SSSR count). The summed E-state index contributed by atoms with van der Waals surface area (Å²) in [5, 5.41) is 4.29. The largest absolute Gasteiger partial charge is 0.354 e. The molecule has 0 atom stereocenters. The first kappa shape index (κ1) is 15.1. The van der Waals surface area contributed by atoms with E-state index in [2.05, 4.69) is 10.5 Å². The van der Waals surface area contributed by atoms with Gasteiger partial charge in [0.1, 0.15) is 0 Å². The SMILES string of the molecule is Cn1cccc1CC(=O)NN=C/C(Cl)=C/c1ccccc1. The molecular weight excluding hydrogens is 286 g/mol. The van der Waals surface area contributed by atoms with E-state index < -0.39 is 0 Å². The molecule has 5 heteroatoms. The van der Waals surface area contributed by atoms with Gasteiger partial charge in [0.2, 0.25) is 5.91 Å². The van der Waals surface area contributed by atoms with E-state index in [0.717, 1.165) is 11.3 Å². The second-order valence-corrected chi connectivity index (χ2v) is 4.96. The van der Waals surface area contributed by atoms with Crippen molar-refractivity contribution in [1.29, 1.82) is 0 Å². The summed E-state index contributed by atoms with van der Waals surface area (Å²) in [6, 6.07) is 13.4. The molecule has 0 saturated heterocycles. The molecule has 0 spiro atoms.